The Balaban J connectivity index is 1.09. The molecule has 0 amide bonds. The van der Waals surface area contributed by atoms with Crippen molar-refractivity contribution < 1.29 is 4.42 Å². The first-order valence-electron chi connectivity index (χ1n) is 18.9. The summed E-state index contributed by atoms with van der Waals surface area (Å²) in [6.45, 7) is 0. The standard InChI is InChI=1S/C50H37N3O/c1-3-13-33(14-4-1)35-27-29-37(30-28-35)49-51-48(36-17-5-2-6-18-36)52-50(53-49)44-25-12-26-45-46(44)43-24-11-23-42(47(43)54-45)41-22-10-21-40(32-41)39-20-9-19-38(31-39)34-15-7-8-16-34/h1-6,9-14,17-32,34H,7-8,15-16H2. The molecule has 7 aromatic carbocycles. The average Bonchev–Trinajstić information content (AvgIpc) is 3.94. The van der Waals surface area contributed by atoms with Crippen LogP contribution in [-0.2, 0) is 0 Å². The molecule has 4 nitrogen and oxygen atoms in total. The lowest BCUT2D eigenvalue weighted by atomic mass is 9.92. The van der Waals surface area contributed by atoms with Gasteiger partial charge >= 0.3 is 0 Å². The second-order valence-corrected chi connectivity index (χ2v) is 14.3. The Kier molecular flexibility index (Phi) is 8.14. The number of benzene rings is 7. The molecule has 0 spiro atoms. The molecule has 0 aliphatic heterocycles. The number of para-hydroxylation sites is 1. The van der Waals surface area contributed by atoms with Crippen LogP contribution in [0.25, 0.3) is 89.5 Å². The van der Waals surface area contributed by atoms with Gasteiger partial charge in [0.2, 0.25) is 0 Å². The van der Waals surface area contributed by atoms with E-state index >= 15 is 0 Å². The van der Waals surface area contributed by atoms with Gasteiger partial charge in [-0.15, -0.1) is 0 Å². The fourth-order valence-corrected chi connectivity index (χ4v) is 8.14. The average molecular weight is 696 g/mol. The number of hydrogen-bond donors (Lipinski definition) is 0. The van der Waals surface area contributed by atoms with Gasteiger partial charge in [-0.3, -0.25) is 0 Å². The van der Waals surface area contributed by atoms with Gasteiger partial charge < -0.3 is 4.42 Å². The third-order valence-electron chi connectivity index (χ3n) is 10.9. The maximum Gasteiger partial charge on any atom is 0.164 e. The van der Waals surface area contributed by atoms with Crippen LogP contribution in [0.4, 0.5) is 0 Å². The molecule has 0 atom stereocenters. The summed E-state index contributed by atoms with van der Waals surface area (Å²) in [5.41, 5.74) is 12.8. The van der Waals surface area contributed by atoms with E-state index in [2.05, 4.69) is 121 Å². The zero-order valence-corrected chi connectivity index (χ0v) is 29.8. The number of fused-ring (bicyclic) bond motifs is 3. The molecule has 2 heterocycles. The second-order valence-electron chi connectivity index (χ2n) is 14.3. The maximum absolute atomic E-state index is 6.75. The highest BCUT2D eigenvalue weighted by Crippen LogP contribution is 2.41. The molecular weight excluding hydrogens is 659 g/mol. The van der Waals surface area contributed by atoms with Crippen molar-refractivity contribution in [2.75, 3.05) is 0 Å². The molecule has 9 aromatic rings. The highest BCUT2D eigenvalue weighted by molar-refractivity contribution is 6.15. The van der Waals surface area contributed by atoms with Crippen molar-refractivity contribution in [1.82, 2.24) is 15.0 Å². The Bertz CT molecular complexity index is 2760. The Hall–Kier alpha value is -6.65. The van der Waals surface area contributed by atoms with Crippen molar-refractivity contribution in [2.45, 2.75) is 31.6 Å². The van der Waals surface area contributed by atoms with Gasteiger partial charge in [-0.2, -0.15) is 0 Å². The smallest absolute Gasteiger partial charge is 0.164 e. The normalized spacial score (nSPS) is 13.2. The lowest BCUT2D eigenvalue weighted by Gasteiger charge is -2.12. The van der Waals surface area contributed by atoms with E-state index in [1.165, 1.54) is 47.9 Å². The number of hydrogen-bond acceptors (Lipinski definition) is 4. The predicted molar refractivity (Wildman–Crippen MR) is 221 cm³/mol. The largest absolute Gasteiger partial charge is 0.455 e. The molecule has 1 aliphatic rings. The fraction of sp³-hybridized carbons (Fsp3) is 0.100. The molecule has 1 saturated carbocycles. The minimum Gasteiger partial charge on any atom is -0.455 e. The number of rotatable bonds is 7. The first kappa shape index (κ1) is 32.0. The zero-order chi connectivity index (χ0) is 35.8. The van der Waals surface area contributed by atoms with Crippen molar-refractivity contribution in [1.29, 1.82) is 0 Å². The molecule has 4 heteroatoms. The van der Waals surface area contributed by atoms with E-state index < -0.39 is 0 Å². The van der Waals surface area contributed by atoms with E-state index in [-0.39, 0.29) is 0 Å². The van der Waals surface area contributed by atoms with Gasteiger partial charge in [0, 0.05) is 33.0 Å². The Morgan fingerprint density at radius 3 is 1.70 bits per heavy atom. The zero-order valence-electron chi connectivity index (χ0n) is 29.8. The molecule has 54 heavy (non-hydrogen) atoms. The van der Waals surface area contributed by atoms with Crippen molar-refractivity contribution in [3.05, 3.63) is 175 Å². The minimum atomic E-state index is 0.605. The number of aromatic nitrogens is 3. The fourth-order valence-electron chi connectivity index (χ4n) is 8.14. The van der Waals surface area contributed by atoms with E-state index in [0.717, 1.165) is 55.3 Å². The van der Waals surface area contributed by atoms with Gasteiger partial charge in [-0.25, -0.2) is 15.0 Å². The maximum atomic E-state index is 6.75. The monoisotopic (exact) mass is 695 g/mol. The molecule has 0 radical (unpaired) electrons. The molecule has 0 unspecified atom stereocenters. The van der Waals surface area contributed by atoms with Crippen LogP contribution < -0.4 is 0 Å². The summed E-state index contributed by atoms with van der Waals surface area (Å²) in [5, 5.41) is 2.02. The van der Waals surface area contributed by atoms with Crippen LogP contribution in [0.2, 0.25) is 0 Å². The molecule has 1 fully saturated rings. The van der Waals surface area contributed by atoms with E-state index in [4.69, 9.17) is 19.4 Å². The third-order valence-corrected chi connectivity index (χ3v) is 10.9. The molecular formula is C50H37N3O. The van der Waals surface area contributed by atoms with Crippen molar-refractivity contribution in [2.24, 2.45) is 0 Å². The highest BCUT2D eigenvalue weighted by Gasteiger charge is 2.21. The van der Waals surface area contributed by atoms with Gasteiger partial charge in [0.25, 0.3) is 0 Å². The number of furan rings is 1. The highest BCUT2D eigenvalue weighted by atomic mass is 16.3. The van der Waals surface area contributed by atoms with Crippen LogP contribution in [0.1, 0.15) is 37.2 Å². The first-order chi connectivity index (χ1) is 26.7. The van der Waals surface area contributed by atoms with E-state index in [1.807, 2.05) is 48.5 Å². The first-order valence-corrected chi connectivity index (χ1v) is 18.9. The van der Waals surface area contributed by atoms with Gasteiger partial charge in [0.1, 0.15) is 11.2 Å². The van der Waals surface area contributed by atoms with Crippen molar-refractivity contribution in [3.8, 4) is 67.5 Å². The van der Waals surface area contributed by atoms with Crippen LogP contribution in [0.15, 0.2) is 174 Å². The third kappa shape index (κ3) is 5.96. The molecule has 0 bridgehead atoms. The quantitative estimate of drug-likeness (QED) is 0.167. The van der Waals surface area contributed by atoms with Gasteiger partial charge in [0.15, 0.2) is 17.5 Å². The van der Waals surface area contributed by atoms with Crippen LogP contribution in [0.3, 0.4) is 0 Å². The summed E-state index contributed by atoms with van der Waals surface area (Å²) in [4.78, 5) is 15.2. The van der Waals surface area contributed by atoms with E-state index in [1.54, 1.807) is 0 Å². The molecule has 258 valence electrons. The van der Waals surface area contributed by atoms with Gasteiger partial charge in [0.05, 0.1) is 0 Å². The Labute approximate surface area is 314 Å². The lowest BCUT2D eigenvalue weighted by molar-refractivity contribution is 0.670. The van der Waals surface area contributed by atoms with Gasteiger partial charge in [-0.1, -0.05) is 171 Å². The SMILES string of the molecule is c1ccc(-c2ccc(-c3nc(-c4ccccc4)nc(-c4cccc5oc6c(-c7cccc(-c8cccc(C9CCCC9)c8)c7)cccc6c45)n3)cc2)cc1. The predicted octanol–water partition coefficient (Wildman–Crippen LogP) is 13.4. The number of nitrogens with zero attached hydrogens (tertiary/aromatic N) is 3. The van der Waals surface area contributed by atoms with E-state index in [9.17, 15) is 0 Å². The summed E-state index contributed by atoms with van der Waals surface area (Å²) in [6.07, 6.45) is 5.25. The molecule has 2 aromatic heterocycles. The molecule has 0 saturated heterocycles. The van der Waals surface area contributed by atoms with Crippen LogP contribution in [-0.4, -0.2) is 15.0 Å². The van der Waals surface area contributed by atoms with Gasteiger partial charge in [-0.05, 0) is 64.3 Å². The summed E-state index contributed by atoms with van der Waals surface area (Å²) in [7, 11) is 0. The second kappa shape index (κ2) is 13.7. The topological polar surface area (TPSA) is 51.8 Å². The Morgan fingerprint density at radius 1 is 0.407 bits per heavy atom. The van der Waals surface area contributed by atoms with Crippen LogP contribution in [0.5, 0.6) is 0 Å². The van der Waals surface area contributed by atoms with Crippen molar-refractivity contribution in [3.63, 3.8) is 0 Å². The van der Waals surface area contributed by atoms with Crippen LogP contribution >= 0.6 is 0 Å². The van der Waals surface area contributed by atoms with E-state index in [0.29, 0.717) is 23.4 Å². The Morgan fingerprint density at radius 2 is 0.944 bits per heavy atom. The molecule has 10 rings (SSSR count). The summed E-state index contributed by atoms with van der Waals surface area (Å²) >= 11 is 0. The van der Waals surface area contributed by atoms with Crippen LogP contribution in [0, 0.1) is 0 Å². The minimum absolute atomic E-state index is 0.605. The molecule has 0 N–H and O–H groups in total. The summed E-state index contributed by atoms with van der Waals surface area (Å²) < 4.78 is 6.75. The summed E-state index contributed by atoms with van der Waals surface area (Å²) in [5.74, 6) is 2.53. The summed E-state index contributed by atoms with van der Waals surface area (Å²) in [6, 6.07) is 59.5. The van der Waals surface area contributed by atoms with Crippen molar-refractivity contribution >= 4 is 21.9 Å². The molecule has 1 aliphatic carbocycles. The lowest BCUT2D eigenvalue weighted by Crippen LogP contribution is -2.00.